The van der Waals surface area contributed by atoms with Gasteiger partial charge in [-0.15, -0.1) is 0 Å². The third kappa shape index (κ3) is 27.4. The Kier molecular flexibility index (Phi) is 35.8. The number of aromatic nitrogens is 2. The fraction of sp³-hybridized carbons (Fsp3) is 0.140. The normalized spacial score (nSPS) is 11.6. The maximum atomic E-state index is 13.7. The lowest BCUT2D eigenvalue weighted by Gasteiger charge is -2.13. The number of hydrogen-bond acceptors (Lipinski definition) is 13. The van der Waals surface area contributed by atoms with Crippen LogP contribution in [0.15, 0.2) is 242 Å². The summed E-state index contributed by atoms with van der Waals surface area (Å²) in [5, 5.41) is 60.7. The number of aryl methyl sites for hydroxylation is 1. The summed E-state index contributed by atoms with van der Waals surface area (Å²) in [7, 11) is 3.25. The summed E-state index contributed by atoms with van der Waals surface area (Å²) in [4.78, 5) is 91.5. The van der Waals surface area contributed by atoms with Gasteiger partial charge in [-0.25, -0.2) is 4.39 Å². The van der Waals surface area contributed by atoms with Gasteiger partial charge in [0.25, 0.3) is 5.91 Å². The first-order chi connectivity index (χ1) is 58.4. The summed E-state index contributed by atoms with van der Waals surface area (Å²) in [6, 6.07) is 61.1. The number of carboxylic acid groups (broad SMARTS) is 6. The molecule has 1 atom stereocenters. The Morgan fingerprint density at radius 1 is 0.537 bits per heavy atom. The quantitative estimate of drug-likeness (QED) is 0.0159. The van der Waals surface area contributed by atoms with Crippen molar-refractivity contribution in [2.24, 2.45) is 7.05 Å². The minimum absolute atomic E-state index is 0.0402. The molecule has 0 saturated heterocycles. The van der Waals surface area contributed by atoms with E-state index in [0.29, 0.717) is 149 Å². The standard InChI is InChI=1S/C20H17FO3S.C19H16ClNO4.C15H14ClNO3.C14H11Cl2NO2.C14H10Cl2O3.C11H11ClO3/c1-12-17(9-13-3-6-15(7-4-13)25(2)24)16-8-5-14(21)10-19(16)18(12)11-20(22)23;1-11-15(10-18(22)23)16-9-14(25-2)7-8-17(16)21(11)19(24)12-3-5-13(20)6-4-12;1-9-7-12(8-13(18)19)17(2)14(9)15(20)10-3-5-11(16)6-4-10;15-10-5-3-6-11(16)14(10)17-12-7-2-1-4-9(12)8-13(18)19;15-10-5-6-13(11(16)8-10)19-12-4-2-1-3-9(12)7-14(17)18;1-2-5-15-10-4-3-8(6-9(10)12)7-11(13)14/h3-10H,11H2,1-2H3,(H,22,23);3-9H,10H2,1-2H3,(H,22,23);3-7H,8H2,1-2H3,(H,18,19);1-7,17H,8H2,(H,18,19);1-6,8H,7H2,(H,17,18);2-4,6H,1,5,7H2,(H,13,14)/b17-9-;;;;;. The molecule has 123 heavy (non-hydrogen) atoms. The van der Waals surface area contributed by atoms with Crippen molar-refractivity contribution >= 4 is 179 Å². The van der Waals surface area contributed by atoms with Crippen LogP contribution in [0.1, 0.15) is 95.6 Å². The Morgan fingerprint density at radius 3 is 1.67 bits per heavy atom. The van der Waals surface area contributed by atoms with Gasteiger partial charge >= 0.3 is 35.8 Å². The Bertz CT molecular complexity index is 5970. The molecule has 2 heterocycles. The first-order valence-corrected chi connectivity index (χ1v) is 41.1. The van der Waals surface area contributed by atoms with Crippen molar-refractivity contribution in [2.75, 3.05) is 25.3 Å². The van der Waals surface area contributed by atoms with Crippen LogP contribution >= 0.6 is 81.2 Å². The molecule has 1 unspecified atom stereocenters. The number of halogens is 8. The minimum Gasteiger partial charge on any atom is -0.612 e. The van der Waals surface area contributed by atoms with Crippen molar-refractivity contribution in [2.45, 2.75) is 64.2 Å². The van der Waals surface area contributed by atoms with E-state index in [1.807, 2.05) is 31.2 Å². The maximum absolute atomic E-state index is 13.7. The van der Waals surface area contributed by atoms with Crippen molar-refractivity contribution in [3.8, 4) is 23.0 Å². The molecule has 0 radical (unpaired) electrons. The Hall–Kier alpha value is -12.1. The number of nitrogens with zero attached hydrogens (tertiary/aromatic N) is 2. The summed E-state index contributed by atoms with van der Waals surface area (Å²) >= 11 is 40.5. The number of carbonyl (C=O) groups is 8. The molecule has 1 aliphatic carbocycles. The van der Waals surface area contributed by atoms with Crippen molar-refractivity contribution in [1.82, 2.24) is 9.13 Å². The zero-order valence-electron chi connectivity index (χ0n) is 66.5. The van der Waals surface area contributed by atoms with Crippen molar-refractivity contribution in [3.63, 3.8) is 0 Å². The number of carbonyl (C=O) groups excluding carboxylic acids is 2. The van der Waals surface area contributed by atoms with E-state index in [2.05, 4.69) is 11.9 Å². The van der Waals surface area contributed by atoms with E-state index in [9.17, 15) is 52.4 Å². The highest BCUT2D eigenvalue weighted by atomic mass is 35.5. The first kappa shape index (κ1) is 96.3. The van der Waals surface area contributed by atoms with E-state index in [1.165, 1.54) is 16.7 Å². The second-order valence-electron chi connectivity index (χ2n) is 27.0. The van der Waals surface area contributed by atoms with E-state index in [1.54, 1.807) is 233 Å². The van der Waals surface area contributed by atoms with E-state index in [-0.39, 0.29) is 56.0 Å². The third-order valence-electron chi connectivity index (χ3n) is 18.4. The topological polar surface area (TPSA) is 331 Å². The van der Waals surface area contributed by atoms with Gasteiger partial charge in [-0.05, 0) is 257 Å². The van der Waals surface area contributed by atoms with Crippen LogP contribution in [0, 0.1) is 19.7 Å². The molecule has 0 saturated carbocycles. The molecule has 7 N–H and O–H groups in total. The lowest BCUT2D eigenvalue weighted by molar-refractivity contribution is -0.137. The molecule has 30 heteroatoms. The Morgan fingerprint density at radius 2 is 1.10 bits per heavy atom. The zero-order chi connectivity index (χ0) is 90.1. The van der Waals surface area contributed by atoms with Gasteiger partial charge in [0.1, 0.15) is 41.7 Å². The fourth-order valence-corrected chi connectivity index (χ4v) is 14.6. The fourth-order valence-electron chi connectivity index (χ4n) is 12.6. The molecule has 0 aliphatic heterocycles. The zero-order valence-corrected chi connectivity index (χ0v) is 72.6. The molecule has 0 fully saturated rings. The number of ketones is 1. The second-order valence-corrected chi connectivity index (χ2v) is 31.3. The number of benzene rings is 10. The van der Waals surface area contributed by atoms with Crippen LogP contribution in [-0.4, -0.2) is 112 Å². The van der Waals surface area contributed by atoms with Gasteiger partial charge in [0.05, 0.1) is 82.6 Å². The Labute approximate surface area is 745 Å². The lowest BCUT2D eigenvalue weighted by Crippen LogP contribution is -2.14. The molecule has 21 nitrogen and oxygen atoms in total. The van der Waals surface area contributed by atoms with Gasteiger partial charge in [-0.1, -0.05) is 148 Å². The minimum atomic E-state index is -1.04. The van der Waals surface area contributed by atoms with Crippen LogP contribution in [0.4, 0.5) is 15.8 Å². The van der Waals surface area contributed by atoms with Crippen molar-refractivity contribution in [1.29, 1.82) is 0 Å². The first-order valence-electron chi connectivity index (χ1n) is 36.9. The third-order valence-corrected chi connectivity index (χ3v) is 21.3. The van der Waals surface area contributed by atoms with E-state index in [4.69, 9.17) is 121 Å². The Balaban J connectivity index is 0.000000185. The number of nitrogens with one attached hydrogen (secondary N) is 1. The molecular formula is C93H79Cl7FN3O18S. The number of allylic oxidation sites excluding steroid dienone is 2. The molecule has 2 aromatic heterocycles. The summed E-state index contributed by atoms with van der Waals surface area (Å²) in [6.45, 7) is 9.30. The molecule has 1 aliphatic rings. The number of methoxy groups -OCH3 is 1. The molecule has 636 valence electrons. The summed E-state index contributed by atoms with van der Waals surface area (Å²) < 4.78 is 44.4. The monoisotopic (exact) mass is 1820 g/mol. The largest absolute Gasteiger partial charge is 0.612 e. The highest BCUT2D eigenvalue weighted by molar-refractivity contribution is 7.90. The average Bonchev–Trinajstić information content (AvgIpc) is 1.60. The van der Waals surface area contributed by atoms with Gasteiger partial charge in [0.2, 0.25) is 5.78 Å². The van der Waals surface area contributed by atoms with Crippen LogP contribution in [0.3, 0.4) is 0 Å². The number of para-hydroxylation sites is 3. The molecule has 0 bridgehead atoms. The number of rotatable bonds is 25. The average molecular weight is 1830 g/mol. The summed E-state index contributed by atoms with van der Waals surface area (Å²) in [6.07, 6.45) is 4.55. The van der Waals surface area contributed by atoms with Gasteiger partial charge in [-0.3, -0.25) is 42.9 Å². The molecular weight excluding hydrogens is 1750 g/mol. The number of fused-ring (bicyclic) bond motifs is 2. The number of hydrogen-bond donors (Lipinski definition) is 7. The SMILES string of the molecule is C=CCOc1ccc(CC(=O)O)cc1Cl.CC1=C(CC(=O)O)c2cc(F)ccc2/C1=C\c1ccc([S+](C)[O-])cc1.COc1ccc2c(c1)c(CC(=O)O)c(C)n2C(=O)c1ccc(Cl)cc1.Cc1cc(CC(=O)O)n(C)c1C(=O)c1ccc(Cl)cc1.O=C(O)Cc1ccccc1Nc1c(Cl)cccc1Cl.O=C(O)Cc1ccccc1Oc1ccc(Cl)cc1Cl. The van der Waals surface area contributed by atoms with Gasteiger partial charge < -0.3 is 59.3 Å². The summed E-state index contributed by atoms with van der Waals surface area (Å²) in [5.74, 6) is -4.23. The predicted octanol–water partition coefficient (Wildman–Crippen LogP) is 22.4. The molecule has 10 aromatic carbocycles. The highest BCUT2D eigenvalue weighted by Gasteiger charge is 2.27. The second kappa shape index (κ2) is 45.7. The molecule has 0 spiro atoms. The van der Waals surface area contributed by atoms with E-state index < -0.39 is 47.0 Å². The smallest absolute Gasteiger partial charge is 0.309 e. The lowest BCUT2D eigenvalue weighted by atomic mass is 10.0. The van der Waals surface area contributed by atoms with Gasteiger partial charge in [-0.2, -0.15) is 0 Å². The number of ether oxygens (including phenoxy) is 3. The summed E-state index contributed by atoms with van der Waals surface area (Å²) in [5.41, 5.74) is 12.6. The van der Waals surface area contributed by atoms with Crippen LogP contribution in [0.5, 0.6) is 23.0 Å². The number of aliphatic carboxylic acids is 6. The number of anilines is 2. The maximum Gasteiger partial charge on any atom is 0.309 e. The van der Waals surface area contributed by atoms with Crippen LogP contribution in [0.25, 0.3) is 28.1 Å². The van der Waals surface area contributed by atoms with E-state index in [0.717, 1.165) is 32.7 Å². The molecule has 12 aromatic rings. The number of carboxylic acids is 6. The van der Waals surface area contributed by atoms with E-state index >= 15 is 0 Å². The predicted molar refractivity (Wildman–Crippen MR) is 480 cm³/mol. The van der Waals surface area contributed by atoms with Crippen molar-refractivity contribution < 1.29 is 92.1 Å². The highest BCUT2D eigenvalue weighted by Crippen LogP contribution is 2.45. The van der Waals surface area contributed by atoms with Crippen molar-refractivity contribution in [3.05, 3.63) is 350 Å². The van der Waals surface area contributed by atoms with Crippen LogP contribution in [-0.2, 0) is 79.1 Å². The molecule has 13 rings (SSSR count). The van der Waals surface area contributed by atoms with Crippen LogP contribution < -0.4 is 19.5 Å². The van der Waals surface area contributed by atoms with Gasteiger partial charge in [0.15, 0.2) is 4.90 Å². The van der Waals surface area contributed by atoms with Crippen LogP contribution in [0.2, 0.25) is 35.2 Å². The molecule has 0 amide bonds. The van der Waals surface area contributed by atoms with Gasteiger partial charge in [0, 0.05) is 61.3 Å².